The summed E-state index contributed by atoms with van der Waals surface area (Å²) in [5.41, 5.74) is 3.64. The molecular formula is C9H16N2O. The van der Waals surface area contributed by atoms with Crippen LogP contribution >= 0.6 is 0 Å². The first-order valence-corrected chi connectivity index (χ1v) is 4.53. The molecule has 1 saturated carbocycles. The summed E-state index contributed by atoms with van der Waals surface area (Å²) in [5.74, 6) is 0.464. The summed E-state index contributed by atoms with van der Waals surface area (Å²) in [4.78, 5) is 10.6. The van der Waals surface area contributed by atoms with Crippen LogP contribution in [0, 0.1) is 5.92 Å². The van der Waals surface area contributed by atoms with Gasteiger partial charge in [0.2, 0.25) is 5.91 Å². The number of rotatable bonds is 1. The van der Waals surface area contributed by atoms with Gasteiger partial charge in [0.15, 0.2) is 0 Å². The standard InChI is InChI=1S/C9H16N2O/c1-7-5-3-4-6-9(7)11-10-8(2)12/h7H,3-6H2,1-2H3,(H,10,12)/b11-9+. The smallest absolute Gasteiger partial charge is 0.236 e. The lowest BCUT2D eigenvalue weighted by Crippen LogP contribution is -2.22. The van der Waals surface area contributed by atoms with Gasteiger partial charge in [-0.25, -0.2) is 5.43 Å². The van der Waals surface area contributed by atoms with Gasteiger partial charge < -0.3 is 0 Å². The number of hydrogen-bond donors (Lipinski definition) is 1. The van der Waals surface area contributed by atoms with Gasteiger partial charge in [-0.2, -0.15) is 5.10 Å². The Balaban J connectivity index is 2.47. The van der Waals surface area contributed by atoms with Crippen LogP contribution in [0.1, 0.15) is 39.5 Å². The number of hydrazone groups is 1. The summed E-state index contributed by atoms with van der Waals surface area (Å²) >= 11 is 0. The van der Waals surface area contributed by atoms with Gasteiger partial charge in [-0.1, -0.05) is 13.3 Å². The minimum absolute atomic E-state index is 0.0831. The number of nitrogens with one attached hydrogen (secondary N) is 1. The Morgan fingerprint density at radius 3 is 2.92 bits per heavy atom. The molecule has 68 valence electrons. The highest BCUT2D eigenvalue weighted by Crippen LogP contribution is 2.20. The van der Waals surface area contributed by atoms with Gasteiger partial charge in [0.1, 0.15) is 0 Å². The fourth-order valence-corrected chi connectivity index (χ4v) is 1.49. The second kappa shape index (κ2) is 4.24. The van der Waals surface area contributed by atoms with E-state index in [2.05, 4.69) is 17.5 Å². The Hall–Kier alpha value is -0.860. The summed E-state index contributed by atoms with van der Waals surface area (Å²) in [6.07, 6.45) is 4.75. The average molecular weight is 168 g/mol. The number of carbonyl (C=O) groups is 1. The van der Waals surface area contributed by atoms with Gasteiger partial charge in [0.05, 0.1) is 0 Å². The summed E-state index contributed by atoms with van der Waals surface area (Å²) in [7, 11) is 0. The molecule has 0 radical (unpaired) electrons. The Kier molecular flexibility index (Phi) is 3.26. The van der Waals surface area contributed by atoms with Crippen LogP contribution in [0.25, 0.3) is 0 Å². The largest absolute Gasteiger partial charge is 0.274 e. The Bertz CT molecular complexity index is 199. The molecule has 1 unspecified atom stereocenters. The van der Waals surface area contributed by atoms with E-state index in [0.29, 0.717) is 5.92 Å². The van der Waals surface area contributed by atoms with Crippen LogP contribution in [0.5, 0.6) is 0 Å². The van der Waals surface area contributed by atoms with Crippen LogP contribution < -0.4 is 5.43 Å². The quantitative estimate of drug-likeness (QED) is 0.595. The minimum atomic E-state index is -0.0831. The van der Waals surface area contributed by atoms with Crippen molar-refractivity contribution >= 4 is 11.6 Å². The first-order valence-electron chi connectivity index (χ1n) is 4.53. The fraction of sp³-hybridized carbons (Fsp3) is 0.778. The highest BCUT2D eigenvalue weighted by atomic mass is 16.2. The van der Waals surface area contributed by atoms with Crippen LogP contribution in [0.4, 0.5) is 0 Å². The van der Waals surface area contributed by atoms with E-state index in [4.69, 9.17) is 0 Å². The molecule has 3 heteroatoms. The number of nitrogens with zero attached hydrogens (tertiary/aromatic N) is 1. The molecule has 0 aliphatic heterocycles. The van der Waals surface area contributed by atoms with Gasteiger partial charge in [-0.15, -0.1) is 0 Å². The number of amides is 1. The van der Waals surface area contributed by atoms with Crippen molar-refractivity contribution in [1.82, 2.24) is 5.43 Å². The molecule has 1 aliphatic rings. The number of hydrogen-bond acceptors (Lipinski definition) is 2. The van der Waals surface area contributed by atoms with Crippen molar-refractivity contribution in [3.8, 4) is 0 Å². The molecule has 0 spiro atoms. The van der Waals surface area contributed by atoms with Crippen LogP contribution in [-0.4, -0.2) is 11.6 Å². The number of carbonyl (C=O) groups excluding carboxylic acids is 1. The molecule has 0 heterocycles. The summed E-state index contributed by atoms with van der Waals surface area (Å²) in [6.45, 7) is 3.65. The zero-order chi connectivity index (χ0) is 8.97. The predicted molar refractivity (Wildman–Crippen MR) is 48.9 cm³/mol. The van der Waals surface area contributed by atoms with E-state index in [9.17, 15) is 4.79 Å². The zero-order valence-electron chi connectivity index (χ0n) is 7.76. The molecule has 1 rings (SSSR count). The van der Waals surface area contributed by atoms with Crippen molar-refractivity contribution in [2.75, 3.05) is 0 Å². The molecular weight excluding hydrogens is 152 g/mol. The average Bonchev–Trinajstić information content (AvgIpc) is 2.03. The summed E-state index contributed by atoms with van der Waals surface area (Å²) in [6, 6.07) is 0. The van der Waals surface area contributed by atoms with Crippen molar-refractivity contribution in [2.24, 2.45) is 11.0 Å². The molecule has 1 fully saturated rings. The maximum absolute atomic E-state index is 10.6. The van der Waals surface area contributed by atoms with E-state index in [1.165, 1.54) is 26.2 Å². The molecule has 0 aromatic carbocycles. The lowest BCUT2D eigenvalue weighted by molar-refractivity contribution is -0.118. The first kappa shape index (κ1) is 9.23. The third kappa shape index (κ3) is 2.64. The highest BCUT2D eigenvalue weighted by molar-refractivity contribution is 5.88. The molecule has 12 heavy (non-hydrogen) atoms. The molecule has 0 aromatic rings. The lowest BCUT2D eigenvalue weighted by Gasteiger charge is -2.19. The topological polar surface area (TPSA) is 41.5 Å². The van der Waals surface area contributed by atoms with Crippen molar-refractivity contribution < 1.29 is 4.79 Å². The molecule has 3 nitrogen and oxygen atoms in total. The Morgan fingerprint density at radius 1 is 1.58 bits per heavy atom. The minimum Gasteiger partial charge on any atom is -0.274 e. The Morgan fingerprint density at radius 2 is 2.33 bits per heavy atom. The van der Waals surface area contributed by atoms with Crippen molar-refractivity contribution in [3.05, 3.63) is 0 Å². The fourth-order valence-electron chi connectivity index (χ4n) is 1.49. The van der Waals surface area contributed by atoms with Gasteiger partial charge in [0, 0.05) is 12.6 Å². The SMILES string of the molecule is CC(=O)N/N=C1\CCCCC1C. The summed E-state index contributed by atoms with van der Waals surface area (Å²) in [5, 5.41) is 4.08. The van der Waals surface area contributed by atoms with E-state index < -0.39 is 0 Å². The highest BCUT2D eigenvalue weighted by Gasteiger charge is 2.15. The van der Waals surface area contributed by atoms with Gasteiger partial charge >= 0.3 is 0 Å². The first-order chi connectivity index (χ1) is 5.70. The lowest BCUT2D eigenvalue weighted by atomic mass is 9.89. The van der Waals surface area contributed by atoms with Gasteiger partial charge in [-0.05, 0) is 25.2 Å². The van der Waals surface area contributed by atoms with E-state index in [0.717, 1.165) is 12.1 Å². The molecule has 1 N–H and O–H groups in total. The van der Waals surface area contributed by atoms with Crippen LogP contribution in [-0.2, 0) is 4.79 Å². The molecule has 1 atom stereocenters. The molecule has 0 saturated heterocycles. The van der Waals surface area contributed by atoms with Crippen molar-refractivity contribution in [1.29, 1.82) is 0 Å². The summed E-state index contributed by atoms with van der Waals surface area (Å²) < 4.78 is 0. The van der Waals surface area contributed by atoms with Crippen LogP contribution in [0.15, 0.2) is 5.10 Å². The maximum atomic E-state index is 10.6. The third-order valence-electron chi connectivity index (χ3n) is 2.25. The second-order valence-electron chi connectivity index (χ2n) is 3.42. The van der Waals surface area contributed by atoms with E-state index in [1.54, 1.807) is 0 Å². The van der Waals surface area contributed by atoms with Gasteiger partial charge in [0.25, 0.3) is 0 Å². The van der Waals surface area contributed by atoms with E-state index in [-0.39, 0.29) is 5.91 Å². The molecule has 0 bridgehead atoms. The van der Waals surface area contributed by atoms with E-state index in [1.807, 2.05) is 0 Å². The van der Waals surface area contributed by atoms with E-state index >= 15 is 0 Å². The molecule has 0 aromatic heterocycles. The second-order valence-corrected chi connectivity index (χ2v) is 3.42. The normalized spacial score (nSPS) is 27.2. The predicted octanol–water partition coefficient (Wildman–Crippen LogP) is 1.69. The zero-order valence-corrected chi connectivity index (χ0v) is 7.76. The van der Waals surface area contributed by atoms with Crippen molar-refractivity contribution in [2.45, 2.75) is 39.5 Å². The molecule has 1 amide bonds. The van der Waals surface area contributed by atoms with Crippen molar-refractivity contribution in [3.63, 3.8) is 0 Å². The monoisotopic (exact) mass is 168 g/mol. The maximum Gasteiger partial charge on any atom is 0.236 e. The van der Waals surface area contributed by atoms with Crippen LogP contribution in [0.3, 0.4) is 0 Å². The van der Waals surface area contributed by atoms with Crippen LogP contribution in [0.2, 0.25) is 0 Å². The third-order valence-corrected chi connectivity index (χ3v) is 2.25. The Labute approximate surface area is 73.2 Å². The van der Waals surface area contributed by atoms with Gasteiger partial charge in [-0.3, -0.25) is 4.79 Å². The molecule has 1 aliphatic carbocycles.